The molecule has 0 saturated carbocycles. The molecular formula is C26H14F6N2OS. The Balaban J connectivity index is 1.37. The predicted molar refractivity (Wildman–Crippen MR) is 124 cm³/mol. The molecule has 0 bridgehead atoms. The lowest BCUT2D eigenvalue weighted by Crippen LogP contribution is -2.23. The van der Waals surface area contributed by atoms with E-state index in [0.717, 1.165) is 34.0 Å². The van der Waals surface area contributed by atoms with E-state index in [9.17, 15) is 26.3 Å². The predicted octanol–water partition coefficient (Wildman–Crippen LogP) is 8.02. The van der Waals surface area contributed by atoms with Crippen LogP contribution in [0.4, 0.5) is 26.3 Å². The van der Waals surface area contributed by atoms with Crippen molar-refractivity contribution in [2.75, 3.05) is 0 Å². The second-order valence-corrected chi connectivity index (χ2v) is 8.97. The van der Waals surface area contributed by atoms with Crippen LogP contribution in [0.3, 0.4) is 0 Å². The molecule has 182 valence electrons. The molecule has 0 aliphatic rings. The molecule has 0 unspecified atom stereocenters. The maximum atomic E-state index is 14.7. The zero-order valence-electron chi connectivity index (χ0n) is 18.3. The van der Waals surface area contributed by atoms with Crippen molar-refractivity contribution < 1.29 is 31.1 Å². The number of thiazole rings is 1. The molecule has 0 saturated heterocycles. The molecule has 0 radical (unpaired) electrons. The first-order valence-electron chi connectivity index (χ1n) is 10.5. The largest absolute Gasteiger partial charge is 0.444 e. The van der Waals surface area contributed by atoms with Gasteiger partial charge in [-0.2, -0.15) is 8.78 Å². The summed E-state index contributed by atoms with van der Waals surface area (Å²) in [6.45, 7) is 1.96. The lowest BCUT2D eigenvalue weighted by Gasteiger charge is -2.18. The first-order chi connectivity index (χ1) is 17.1. The normalized spacial score (nSPS) is 11.8. The van der Waals surface area contributed by atoms with Crippen molar-refractivity contribution in [1.29, 1.82) is 0 Å². The maximum Gasteiger partial charge on any atom is 0.444 e. The minimum Gasteiger partial charge on any atom is -0.428 e. The Morgan fingerprint density at radius 3 is 2.22 bits per heavy atom. The van der Waals surface area contributed by atoms with Gasteiger partial charge in [-0.3, -0.25) is 4.98 Å². The summed E-state index contributed by atoms with van der Waals surface area (Å²) >= 11 is 1.40. The van der Waals surface area contributed by atoms with Crippen LogP contribution < -0.4 is 4.74 Å². The van der Waals surface area contributed by atoms with Gasteiger partial charge >= 0.3 is 6.11 Å². The van der Waals surface area contributed by atoms with Crippen LogP contribution in [-0.4, -0.2) is 9.97 Å². The smallest absolute Gasteiger partial charge is 0.428 e. The number of hydrogen-bond acceptors (Lipinski definition) is 4. The molecule has 10 heteroatoms. The van der Waals surface area contributed by atoms with Gasteiger partial charge in [-0.1, -0.05) is 6.07 Å². The van der Waals surface area contributed by atoms with E-state index in [1.165, 1.54) is 23.6 Å². The molecule has 0 amide bonds. The first-order valence-corrected chi connectivity index (χ1v) is 11.3. The van der Waals surface area contributed by atoms with Gasteiger partial charge in [0, 0.05) is 23.4 Å². The fourth-order valence-corrected chi connectivity index (χ4v) is 4.61. The standard InChI is InChI=1S/C26H14F6N2OS/c1-13-2-6-21-22(8-13)36-25(34-21)14-3-7-23(33-12-14)26(31,32)35-16-4-5-17(18(27)11-16)15-9-19(28)24(30)20(29)10-15/h2-12H,1H3. The lowest BCUT2D eigenvalue weighted by molar-refractivity contribution is -0.188. The quantitative estimate of drug-likeness (QED) is 0.175. The molecule has 3 aromatic carbocycles. The Morgan fingerprint density at radius 2 is 1.56 bits per heavy atom. The minimum atomic E-state index is -3.91. The molecule has 0 aliphatic heterocycles. The van der Waals surface area contributed by atoms with E-state index in [2.05, 4.69) is 14.7 Å². The molecule has 5 aromatic rings. The Hall–Kier alpha value is -3.92. The van der Waals surface area contributed by atoms with Crippen molar-refractivity contribution in [2.45, 2.75) is 13.0 Å². The van der Waals surface area contributed by atoms with Gasteiger partial charge in [0.05, 0.1) is 10.2 Å². The number of halogens is 6. The minimum absolute atomic E-state index is 0.301. The Bertz CT molecular complexity index is 1580. The first kappa shape index (κ1) is 23.8. The number of hydrogen-bond donors (Lipinski definition) is 0. The summed E-state index contributed by atoms with van der Waals surface area (Å²) in [7, 11) is 0. The molecule has 2 heterocycles. The number of rotatable bonds is 5. The van der Waals surface area contributed by atoms with Gasteiger partial charge in [0.15, 0.2) is 23.1 Å². The highest BCUT2D eigenvalue weighted by Crippen LogP contribution is 2.35. The van der Waals surface area contributed by atoms with Gasteiger partial charge < -0.3 is 4.74 Å². The van der Waals surface area contributed by atoms with Gasteiger partial charge in [-0.15, -0.1) is 11.3 Å². The summed E-state index contributed by atoms with van der Waals surface area (Å²) in [6.07, 6.45) is -2.66. The molecule has 0 N–H and O–H groups in total. The van der Waals surface area contributed by atoms with Gasteiger partial charge in [0.1, 0.15) is 16.6 Å². The van der Waals surface area contributed by atoms with E-state index in [4.69, 9.17) is 0 Å². The highest BCUT2D eigenvalue weighted by Gasteiger charge is 2.36. The lowest BCUT2D eigenvalue weighted by atomic mass is 10.0. The summed E-state index contributed by atoms with van der Waals surface area (Å²) in [5.41, 5.74) is 1.07. The van der Waals surface area contributed by atoms with Gasteiger partial charge in [-0.05, 0) is 66.6 Å². The van der Waals surface area contributed by atoms with Gasteiger partial charge in [-0.25, -0.2) is 22.5 Å². The summed E-state index contributed by atoms with van der Waals surface area (Å²) in [6, 6.07) is 12.1. The summed E-state index contributed by atoms with van der Waals surface area (Å²) < 4.78 is 89.8. The van der Waals surface area contributed by atoms with E-state index in [1.54, 1.807) is 0 Å². The number of benzene rings is 3. The second kappa shape index (κ2) is 8.94. The highest BCUT2D eigenvalue weighted by molar-refractivity contribution is 7.21. The van der Waals surface area contributed by atoms with Crippen LogP contribution >= 0.6 is 11.3 Å². The van der Waals surface area contributed by atoms with Crippen molar-refractivity contribution in [1.82, 2.24) is 9.97 Å². The zero-order chi connectivity index (χ0) is 25.6. The van der Waals surface area contributed by atoms with Crippen LogP contribution in [0.2, 0.25) is 0 Å². The average molecular weight is 516 g/mol. The van der Waals surface area contributed by atoms with E-state index in [1.807, 2.05) is 25.1 Å². The summed E-state index contributed by atoms with van der Waals surface area (Å²) in [5.74, 6) is -6.35. The number of ether oxygens (including phenoxy) is 1. The third-order valence-corrected chi connectivity index (χ3v) is 6.40. The van der Waals surface area contributed by atoms with Crippen LogP contribution in [0, 0.1) is 30.2 Å². The number of pyridine rings is 1. The molecule has 5 rings (SSSR count). The molecule has 0 fully saturated rings. The van der Waals surface area contributed by atoms with Crippen LogP contribution in [0.1, 0.15) is 11.3 Å². The molecule has 0 atom stereocenters. The van der Waals surface area contributed by atoms with E-state index < -0.39 is 40.8 Å². The number of alkyl halides is 2. The van der Waals surface area contributed by atoms with Crippen molar-refractivity contribution in [3.05, 3.63) is 101 Å². The number of nitrogens with zero attached hydrogens (tertiary/aromatic N) is 2. The van der Waals surface area contributed by atoms with E-state index >= 15 is 0 Å². The summed E-state index contributed by atoms with van der Waals surface area (Å²) in [4.78, 5) is 8.30. The summed E-state index contributed by atoms with van der Waals surface area (Å²) in [5, 5.41) is 0.616. The number of aryl methyl sites for hydroxylation is 1. The van der Waals surface area contributed by atoms with Crippen LogP contribution in [0.15, 0.2) is 66.9 Å². The molecule has 2 aromatic heterocycles. The molecule has 0 aliphatic carbocycles. The third kappa shape index (κ3) is 4.51. The van der Waals surface area contributed by atoms with Crippen LogP contribution in [-0.2, 0) is 6.11 Å². The van der Waals surface area contributed by atoms with E-state index in [-0.39, 0.29) is 11.1 Å². The van der Waals surface area contributed by atoms with Crippen molar-refractivity contribution in [3.63, 3.8) is 0 Å². The fourth-order valence-electron chi connectivity index (χ4n) is 3.55. The van der Waals surface area contributed by atoms with Crippen molar-refractivity contribution in [2.24, 2.45) is 0 Å². The third-order valence-electron chi connectivity index (χ3n) is 5.33. The second-order valence-electron chi connectivity index (χ2n) is 7.94. The molecule has 36 heavy (non-hydrogen) atoms. The highest BCUT2D eigenvalue weighted by atomic mass is 32.1. The van der Waals surface area contributed by atoms with Gasteiger partial charge in [0.25, 0.3) is 0 Å². The van der Waals surface area contributed by atoms with Crippen LogP contribution in [0.25, 0.3) is 31.9 Å². The molecule has 3 nitrogen and oxygen atoms in total. The van der Waals surface area contributed by atoms with Crippen molar-refractivity contribution >= 4 is 21.6 Å². The molecular weight excluding hydrogens is 502 g/mol. The average Bonchev–Trinajstić information content (AvgIpc) is 3.25. The number of aromatic nitrogens is 2. The van der Waals surface area contributed by atoms with Crippen molar-refractivity contribution in [3.8, 4) is 27.4 Å². The topological polar surface area (TPSA) is 35.0 Å². The van der Waals surface area contributed by atoms with Gasteiger partial charge in [0.2, 0.25) is 0 Å². The number of fused-ring (bicyclic) bond motifs is 1. The Morgan fingerprint density at radius 1 is 0.806 bits per heavy atom. The monoisotopic (exact) mass is 516 g/mol. The molecule has 0 spiro atoms. The van der Waals surface area contributed by atoms with Crippen LogP contribution in [0.5, 0.6) is 5.75 Å². The fraction of sp³-hybridized carbons (Fsp3) is 0.0769. The zero-order valence-corrected chi connectivity index (χ0v) is 19.1. The Kier molecular flexibility index (Phi) is 5.91. The maximum absolute atomic E-state index is 14.7. The van der Waals surface area contributed by atoms with E-state index in [0.29, 0.717) is 28.8 Å². The Labute approximate surface area is 204 Å². The SMILES string of the molecule is Cc1ccc2nc(-c3ccc(C(F)(F)Oc4ccc(-c5cc(F)c(F)c(F)c5)c(F)c4)nc3)sc2c1.